The fourth-order valence-electron chi connectivity index (χ4n) is 1.11. The van der Waals surface area contributed by atoms with Gasteiger partial charge in [-0.15, -0.1) is 0 Å². The van der Waals surface area contributed by atoms with Gasteiger partial charge in [-0.05, 0) is 27.2 Å². The molecular formula is C9H16O. The van der Waals surface area contributed by atoms with Crippen LogP contribution in [-0.4, -0.2) is 6.29 Å². The molecule has 0 amide bonds. The van der Waals surface area contributed by atoms with Gasteiger partial charge in [0.15, 0.2) is 0 Å². The maximum atomic E-state index is 10.5. The molecule has 0 aliphatic heterocycles. The van der Waals surface area contributed by atoms with E-state index in [0.717, 1.165) is 12.7 Å². The first-order valence-electron chi connectivity index (χ1n) is 3.70. The van der Waals surface area contributed by atoms with Gasteiger partial charge in [-0.2, -0.15) is 0 Å². The number of allylic oxidation sites excluding steroid dienone is 2. The summed E-state index contributed by atoms with van der Waals surface area (Å²) in [5.74, 6) is 0. The molecule has 1 heteroatoms. The predicted molar refractivity (Wildman–Crippen MR) is 43.9 cm³/mol. The van der Waals surface area contributed by atoms with Crippen molar-refractivity contribution in [2.45, 2.75) is 34.1 Å². The monoisotopic (exact) mass is 140 g/mol. The lowest BCUT2D eigenvalue weighted by Gasteiger charge is -2.19. The Labute approximate surface area is 63.1 Å². The van der Waals surface area contributed by atoms with Crippen molar-refractivity contribution in [3.63, 3.8) is 0 Å². The van der Waals surface area contributed by atoms with Gasteiger partial charge in [0.25, 0.3) is 0 Å². The lowest BCUT2D eigenvalue weighted by atomic mass is 9.84. The second-order valence-electron chi connectivity index (χ2n) is 3.01. The molecule has 0 aromatic rings. The van der Waals surface area contributed by atoms with Gasteiger partial charge in [-0.1, -0.05) is 18.6 Å². The molecule has 0 saturated heterocycles. The van der Waals surface area contributed by atoms with Crippen molar-refractivity contribution in [1.82, 2.24) is 0 Å². The quantitative estimate of drug-likeness (QED) is 0.435. The molecule has 1 nitrogen and oxygen atoms in total. The molecule has 0 aromatic heterocycles. The largest absolute Gasteiger partial charge is 0.302 e. The third-order valence-corrected chi connectivity index (χ3v) is 1.85. The highest BCUT2D eigenvalue weighted by Crippen LogP contribution is 2.25. The molecule has 58 valence electrons. The van der Waals surface area contributed by atoms with Crippen LogP contribution in [0.3, 0.4) is 0 Å². The normalized spacial score (nSPS) is 13.4. The van der Waals surface area contributed by atoms with Crippen molar-refractivity contribution in [1.29, 1.82) is 0 Å². The Morgan fingerprint density at radius 2 is 2.00 bits per heavy atom. The van der Waals surface area contributed by atoms with Crippen molar-refractivity contribution in [3.8, 4) is 0 Å². The van der Waals surface area contributed by atoms with Gasteiger partial charge < -0.3 is 4.79 Å². The first kappa shape index (κ1) is 9.41. The predicted octanol–water partition coefficient (Wildman–Crippen LogP) is 2.57. The van der Waals surface area contributed by atoms with Crippen LogP contribution in [0.4, 0.5) is 0 Å². The van der Waals surface area contributed by atoms with E-state index >= 15 is 0 Å². The van der Waals surface area contributed by atoms with Crippen molar-refractivity contribution in [3.05, 3.63) is 11.6 Å². The molecule has 0 N–H and O–H groups in total. The summed E-state index contributed by atoms with van der Waals surface area (Å²) in [7, 11) is 0. The Bertz CT molecular complexity index is 143. The molecular weight excluding hydrogens is 124 g/mol. The van der Waals surface area contributed by atoms with Gasteiger partial charge in [0, 0.05) is 5.41 Å². The van der Waals surface area contributed by atoms with E-state index in [1.807, 2.05) is 26.8 Å². The van der Waals surface area contributed by atoms with Crippen molar-refractivity contribution in [2.75, 3.05) is 0 Å². The summed E-state index contributed by atoms with van der Waals surface area (Å²) in [5, 5.41) is 0. The summed E-state index contributed by atoms with van der Waals surface area (Å²) in [4.78, 5) is 10.5. The maximum Gasteiger partial charge on any atom is 0.129 e. The van der Waals surface area contributed by atoms with Crippen LogP contribution in [0.2, 0.25) is 0 Å². The molecule has 0 unspecified atom stereocenters. The van der Waals surface area contributed by atoms with E-state index in [1.54, 1.807) is 0 Å². The third-order valence-electron chi connectivity index (χ3n) is 1.85. The maximum absolute atomic E-state index is 10.5. The van der Waals surface area contributed by atoms with Gasteiger partial charge in [0.1, 0.15) is 6.29 Å². The lowest BCUT2D eigenvalue weighted by molar-refractivity contribution is -0.113. The Morgan fingerprint density at radius 1 is 1.50 bits per heavy atom. The summed E-state index contributed by atoms with van der Waals surface area (Å²) in [6.07, 6.45) is 3.99. The van der Waals surface area contributed by atoms with Crippen LogP contribution in [0, 0.1) is 5.41 Å². The summed E-state index contributed by atoms with van der Waals surface area (Å²) >= 11 is 0. The molecule has 0 saturated carbocycles. The Hall–Kier alpha value is -0.590. The molecule has 0 atom stereocenters. The molecule has 0 bridgehead atoms. The highest BCUT2D eigenvalue weighted by molar-refractivity contribution is 5.63. The lowest BCUT2D eigenvalue weighted by Crippen LogP contribution is -2.15. The molecule has 0 spiro atoms. The zero-order valence-corrected chi connectivity index (χ0v) is 7.27. The average Bonchev–Trinajstić information content (AvgIpc) is 1.90. The minimum atomic E-state index is -0.260. The number of rotatable bonds is 3. The van der Waals surface area contributed by atoms with Crippen LogP contribution in [-0.2, 0) is 4.79 Å². The fraction of sp³-hybridized carbons (Fsp3) is 0.667. The molecule has 0 radical (unpaired) electrons. The van der Waals surface area contributed by atoms with Crippen LogP contribution in [0.15, 0.2) is 11.6 Å². The Kier molecular flexibility index (Phi) is 3.34. The molecule has 10 heavy (non-hydrogen) atoms. The van der Waals surface area contributed by atoms with E-state index in [-0.39, 0.29) is 5.41 Å². The fourth-order valence-corrected chi connectivity index (χ4v) is 1.11. The number of carbonyl (C=O) groups is 1. The van der Waals surface area contributed by atoms with Crippen LogP contribution in [0.1, 0.15) is 34.1 Å². The number of aldehydes is 1. The van der Waals surface area contributed by atoms with Crippen molar-refractivity contribution < 1.29 is 4.79 Å². The van der Waals surface area contributed by atoms with Crippen molar-refractivity contribution >= 4 is 6.29 Å². The second-order valence-corrected chi connectivity index (χ2v) is 3.01. The van der Waals surface area contributed by atoms with Gasteiger partial charge >= 0.3 is 0 Å². The molecule has 0 aliphatic carbocycles. The van der Waals surface area contributed by atoms with Gasteiger partial charge in [0.05, 0.1) is 0 Å². The molecule has 0 aromatic carbocycles. The van der Waals surface area contributed by atoms with Crippen LogP contribution < -0.4 is 0 Å². The van der Waals surface area contributed by atoms with E-state index in [4.69, 9.17) is 0 Å². The topological polar surface area (TPSA) is 17.1 Å². The average molecular weight is 140 g/mol. The van der Waals surface area contributed by atoms with Crippen molar-refractivity contribution in [2.24, 2.45) is 5.41 Å². The summed E-state index contributed by atoms with van der Waals surface area (Å²) in [6, 6.07) is 0. The first-order valence-corrected chi connectivity index (χ1v) is 3.70. The highest BCUT2D eigenvalue weighted by atomic mass is 16.1. The van der Waals surface area contributed by atoms with E-state index in [9.17, 15) is 4.79 Å². The Balaban J connectivity index is 4.43. The molecule has 0 aliphatic rings. The van der Waals surface area contributed by atoms with Gasteiger partial charge in [-0.3, -0.25) is 0 Å². The Morgan fingerprint density at radius 3 is 2.10 bits per heavy atom. The molecule has 0 fully saturated rings. The van der Waals surface area contributed by atoms with E-state index in [1.165, 1.54) is 5.57 Å². The van der Waals surface area contributed by atoms with E-state index in [0.29, 0.717) is 0 Å². The first-order chi connectivity index (χ1) is 4.58. The minimum absolute atomic E-state index is 0.260. The van der Waals surface area contributed by atoms with E-state index in [2.05, 4.69) is 6.92 Å². The van der Waals surface area contributed by atoms with E-state index < -0.39 is 0 Å². The van der Waals surface area contributed by atoms with Gasteiger partial charge in [-0.25, -0.2) is 0 Å². The summed E-state index contributed by atoms with van der Waals surface area (Å²) in [5.41, 5.74) is 0.950. The molecule has 0 heterocycles. The third kappa shape index (κ3) is 1.98. The molecule has 0 rings (SSSR count). The summed E-state index contributed by atoms with van der Waals surface area (Å²) < 4.78 is 0. The van der Waals surface area contributed by atoms with Crippen LogP contribution in [0.5, 0.6) is 0 Å². The second kappa shape index (κ2) is 3.55. The minimum Gasteiger partial charge on any atom is -0.302 e. The highest BCUT2D eigenvalue weighted by Gasteiger charge is 2.19. The SMILES string of the molecule is C/C=C(\CC)C(C)(C)C=O. The van der Waals surface area contributed by atoms with Gasteiger partial charge in [0.2, 0.25) is 0 Å². The summed E-state index contributed by atoms with van der Waals surface area (Å²) in [6.45, 7) is 7.93. The standard InChI is InChI=1S/C9H16O/c1-5-8(6-2)9(3,4)7-10/h5,7H,6H2,1-4H3/b8-5+. The zero-order valence-electron chi connectivity index (χ0n) is 7.27. The zero-order chi connectivity index (χ0) is 8.20. The number of hydrogen-bond donors (Lipinski definition) is 0. The smallest absolute Gasteiger partial charge is 0.129 e. The number of hydrogen-bond acceptors (Lipinski definition) is 1. The number of carbonyl (C=O) groups excluding carboxylic acids is 1. The van der Waals surface area contributed by atoms with Crippen LogP contribution >= 0.6 is 0 Å². The van der Waals surface area contributed by atoms with Crippen LogP contribution in [0.25, 0.3) is 0 Å².